The second-order valence-electron chi connectivity index (χ2n) is 9.86. The van der Waals surface area contributed by atoms with Crippen molar-refractivity contribution in [3.05, 3.63) is 88.8 Å². The molecule has 1 atom stereocenters. The Morgan fingerprint density at radius 1 is 1.06 bits per heavy atom. The van der Waals surface area contributed by atoms with Crippen LogP contribution in [0.25, 0.3) is 11.4 Å². The fraction of sp³-hybridized carbons (Fsp3) is 0.345. The van der Waals surface area contributed by atoms with Gasteiger partial charge in [-0.25, -0.2) is 4.68 Å². The lowest BCUT2D eigenvalue weighted by atomic mass is 9.93. The minimum absolute atomic E-state index is 0.109. The zero-order valence-electron chi connectivity index (χ0n) is 21.6. The molecule has 1 amide bonds. The number of ketones is 1. The molecule has 36 heavy (non-hydrogen) atoms. The molecule has 3 aromatic rings. The molecule has 1 aromatic heterocycles. The van der Waals surface area contributed by atoms with Gasteiger partial charge in [0.2, 0.25) is 0 Å². The normalized spacial score (nSPS) is 17.5. The van der Waals surface area contributed by atoms with E-state index < -0.39 is 17.7 Å². The van der Waals surface area contributed by atoms with Crippen LogP contribution in [0.15, 0.2) is 66.4 Å². The lowest BCUT2D eigenvalue weighted by Crippen LogP contribution is -2.32. The standard InChI is InChI=1S/C29H34N4O3/c1-19(2)21-12-14-22(15-13-21)26-25(28(35)29(36)32(26)17-9-16-31(4)5)27(34)24-18-30-33(20(24)3)23-10-7-6-8-11-23/h6-8,10-15,18-19,26,34H,9,16-17H2,1-5H3/t26-/m1/s1. The van der Waals surface area contributed by atoms with Gasteiger partial charge in [-0.05, 0) is 63.2 Å². The molecule has 2 heterocycles. The van der Waals surface area contributed by atoms with Crippen LogP contribution in [0.1, 0.15) is 54.6 Å². The van der Waals surface area contributed by atoms with Gasteiger partial charge < -0.3 is 14.9 Å². The second-order valence-corrected chi connectivity index (χ2v) is 9.86. The van der Waals surface area contributed by atoms with E-state index in [1.807, 2.05) is 80.5 Å². The number of aliphatic hydroxyl groups is 1. The molecule has 1 saturated heterocycles. The zero-order chi connectivity index (χ0) is 26.0. The van der Waals surface area contributed by atoms with E-state index in [0.29, 0.717) is 30.1 Å². The number of rotatable bonds is 8. The summed E-state index contributed by atoms with van der Waals surface area (Å²) in [6.07, 6.45) is 2.27. The number of para-hydroxylation sites is 1. The molecule has 7 heteroatoms. The maximum Gasteiger partial charge on any atom is 0.295 e. The first kappa shape index (κ1) is 25.4. The monoisotopic (exact) mass is 486 g/mol. The van der Waals surface area contributed by atoms with Gasteiger partial charge in [0.05, 0.1) is 34.8 Å². The lowest BCUT2D eigenvalue weighted by molar-refractivity contribution is -0.139. The maximum atomic E-state index is 13.3. The molecule has 1 aliphatic heterocycles. The Morgan fingerprint density at radius 3 is 2.33 bits per heavy atom. The summed E-state index contributed by atoms with van der Waals surface area (Å²) in [5.74, 6) is -1.08. The van der Waals surface area contributed by atoms with Crippen molar-refractivity contribution in [1.29, 1.82) is 0 Å². The predicted molar refractivity (Wildman–Crippen MR) is 141 cm³/mol. The van der Waals surface area contributed by atoms with E-state index in [9.17, 15) is 14.7 Å². The van der Waals surface area contributed by atoms with Crippen molar-refractivity contribution in [2.24, 2.45) is 0 Å². The van der Waals surface area contributed by atoms with Crippen molar-refractivity contribution < 1.29 is 14.7 Å². The second kappa shape index (κ2) is 10.5. The molecular weight excluding hydrogens is 452 g/mol. The molecule has 0 saturated carbocycles. The highest BCUT2D eigenvalue weighted by Gasteiger charge is 2.46. The van der Waals surface area contributed by atoms with Gasteiger partial charge in [-0.1, -0.05) is 56.3 Å². The minimum Gasteiger partial charge on any atom is -0.507 e. The lowest BCUT2D eigenvalue weighted by Gasteiger charge is -2.26. The van der Waals surface area contributed by atoms with Crippen LogP contribution in [0.4, 0.5) is 0 Å². The number of benzene rings is 2. The number of likely N-dealkylation sites (tertiary alicyclic amines) is 1. The molecule has 0 bridgehead atoms. The molecule has 1 N–H and O–H groups in total. The van der Waals surface area contributed by atoms with Crippen LogP contribution in [-0.2, 0) is 9.59 Å². The van der Waals surface area contributed by atoms with Gasteiger partial charge in [-0.2, -0.15) is 5.10 Å². The number of hydrogen-bond donors (Lipinski definition) is 1. The van der Waals surface area contributed by atoms with Crippen LogP contribution in [0.2, 0.25) is 0 Å². The van der Waals surface area contributed by atoms with Crippen molar-refractivity contribution in [2.45, 2.75) is 39.2 Å². The van der Waals surface area contributed by atoms with Crippen molar-refractivity contribution in [2.75, 3.05) is 27.2 Å². The minimum atomic E-state index is -0.665. The van der Waals surface area contributed by atoms with Gasteiger partial charge in [0.15, 0.2) is 0 Å². The predicted octanol–water partition coefficient (Wildman–Crippen LogP) is 4.68. The largest absolute Gasteiger partial charge is 0.507 e. The smallest absolute Gasteiger partial charge is 0.295 e. The van der Waals surface area contributed by atoms with Crippen molar-refractivity contribution in [3.8, 4) is 5.69 Å². The van der Waals surface area contributed by atoms with E-state index in [1.165, 1.54) is 5.56 Å². The molecule has 0 aliphatic carbocycles. The summed E-state index contributed by atoms with van der Waals surface area (Å²) >= 11 is 0. The Labute approximate surface area is 212 Å². The number of carbonyl (C=O) groups excluding carboxylic acids is 2. The van der Waals surface area contributed by atoms with Crippen LogP contribution in [0.5, 0.6) is 0 Å². The van der Waals surface area contributed by atoms with Gasteiger partial charge in [0.25, 0.3) is 11.7 Å². The van der Waals surface area contributed by atoms with Crippen molar-refractivity contribution >= 4 is 17.4 Å². The first-order valence-electron chi connectivity index (χ1n) is 12.3. The topological polar surface area (TPSA) is 78.7 Å². The van der Waals surface area contributed by atoms with E-state index in [-0.39, 0.29) is 11.3 Å². The number of aliphatic hydroxyl groups excluding tert-OH is 1. The third-order valence-corrected chi connectivity index (χ3v) is 6.73. The van der Waals surface area contributed by atoms with Crippen molar-refractivity contribution in [3.63, 3.8) is 0 Å². The third-order valence-electron chi connectivity index (χ3n) is 6.73. The summed E-state index contributed by atoms with van der Waals surface area (Å²) in [5.41, 5.74) is 4.05. The quantitative estimate of drug-likeness (QED) is 0.284. The molecule has 1 aliphatic rings. The highest BCUT2D eigenvalue weighted by atomic mass is 16.3. The Bertz CT molecular complexity index is 1270. The Morgan fingerprint density at radius 2 is 1.72 bits per heavy atom. The van der Waals surface area contributed by atoms with Gasteiger partial charge in [-0.15, -0.1) is 0 Å². The van der Waals surface area contributed by atoms with E-state index in [0.717, 1.165) is 17.8 Å². The van der Waals surface area contributed by atoms with Crippen LogP contribution in [0.3, 0.4) is 0 Å². The average molecular weight is 487 g/mol. The summed E-state index contributed by atoms with van der Waals surface area (Å²) in [7, 11) is 3.95. The molecule has 0 radical (unpaired) electrons. The molecule has 188 valence electrons. The Balaban J connectivity index is 1.81. The van der Waals surface area contributed by atoms with E-state index >= 15 is 0 Å². The number of hydrogen-bond acceptors (Lipinski definition) is 5. The Kier molecular flexibility index (Phi) is 7.40. The first-order chi connectivity index (χ1) is 17.2. The molecule has 4 rings (SSSR count). The van der Waals surface area contributed by atoms with Crippen molar-refractivity contribution in [1.82, 2.24) is 19.6 Å². The third kappa shape index (κ3) is 4.84. The number of Topliss-reactive ketones (excluding diaryl/α,β-unsaturated/α-hetero) is 1. The molecule has 0 spiro atoms. The maximum absolute atomic E-state index is 13.3. The summed E-state index contributed by atoms with van der Waals surface area (Å²) in [6.45, 7) is 7.28. The van der Waals surface area contributed by atoms with Gasteiger partial charge in [0, 0.05) is 6.54 Å². The first-order valence-corrected chi connectivity index (χ1v) is 12.3. The van der Waals surface area contributed by atoms with E-state index in [4.69, 9.17) is 0 Å². The number of nitrogens with zero attached hydrogens (tertiary/aromatic N) is 4. The summed E-state index contributed by atoms with van der Waals surface area (Å²) in [4.78, 5) is 30.2. The van der Waals surface area contributed by atoms with E-state index in [2.05, 4.69) is 18.9 Å². The average Bonchev–Trinajstić information content (AvgIpc) is 3.36. The van der Waals surface area contributed by atoms with Crippen LogP contribution >= 0.6 is 0 Å². The number of amides is 1. The number of aromatic nitrogens is 2. The highest BCUT2D eigenvalue weighted by molar-refractivity contribution is 6.46. The van der Waals surface area contributed by atoms with Crippen LogP contribution < -0.4 is 0 Å². The van der Waals surface area contributed by atoms with Gasteiger partial charge in [0.1, 0.15) is 5.76 Å². The summed E-state index contributed by atoms with van der Waals surface area (Å²) in [6, 6.07) is 16.9. The summed E-state index contributed by atoms with van der Waals surface area (Å²) < 4.78 is 1.72. The molecular formula is C29H34N4O3. The zero-order valence-corrected chi connectivity index (χ0v) is 21.6. The van der Waals surface area contributed by atoms with Crippen LogP contribution in [0, 0.1) is 6.92 Å². The van der Waals surface area contributed by atoms with Crippen LogP contribution in [-0.4, -0.2) is 63.6 Å². The fourth-order valence-electron chi connectivity index (χ4n) is 4.69. The van der Waals surface area contributed by atoms with Gasteiger partial charge in [-0.3, -0.25) is 9.59 Å². The fourth-order valence-corrected chi connectivity index (χ4v) is 4.69. The Hall–Kier alpha value is -3.71. The molecule has 1 fully saturated rings. The summed E-state index contributed by atoms with van der Waals surface area (Å²) in [5, 5.41) is 15.9. The molecule has 2 aromatic carbocycles. The molecule has 0 unspecified atom stereocenters. The van der Waals surface area contributed by atoms with E-state index in [1.54, 1.807) is 15.8 Å². The van der Waals surface area contributed by atoms with Gasteiger partial charge >= 0.3 is 0 Å². The number of carbonyl (C=O) groups is 2. The highest BCUT2D eigenvalue weighted by Crippen LogP contribution is 2.40. The SMILES string of the molecule is Cc1c(C(O)=C2C(=O)C(=O)N(CCCN(C)C)[C@@H]2c2ccc(C(C)C)cc2)cnn1-c1ccccc1. The molecule has 7 nitrogen and oxygen atoms in total.